The van der Waals surface area contributed by atoms with Gasteiger partial charge in [0.25, 0.3) is 0 Å². The first kappa shape index (κ1) is 14.5. The summed E-state index contributed by atoms with van der Waals surface area (Å²) in [5.41, 5.74) is 1.65. The monoisotopic (exact) mass is 323 g/mol. The Morgan fingerprint density at radius 3 is 2.29 bits per heavy atom. The van der Waals surface area contributed by atoms with Crippen molar-refractivity contribution in [1.29, 1.82) is 0 Å². The molecule has 0 spiro atoms. The summed E-state index contributed by atoms with van der Waals surface area (Å²) in [5.74, 6) is 1.41. The molecule has 0 amide bonds. The van der Waals surface area contributed by atoms with Crippen LogP contribution < -0.4 is 4.74 Å². The number of halogens is 2. The quantitative estimate of drug-likeness (QED) is 0.779. The molecule has 1 saturated carbocycles. The number of hydrogen-bond donors (Lipinski definition) is 0. The summed E-state index contributed by atoms with van der Waals surface area (Å²) in [4.78, 5) is 12.9. The van der Waals surface area contributed by atoms with Crippen LogP contribution in [0.2, 0.25) is 10.3 Å². The standard InChI is InChI=1S/C15H15Cl2N3O/c1-21-11-7-6-10(8-18-11)15-19-13(16)12(14(17)20-15)9-4-2-3-5-9/h6-9H,2-5H2,1H3. The lowest BCUT2D eigenvalue weighted by molar-refractivity contribution is 0.398. The lowest BCUT2D eigenvalue weighted by Gasteiger charge is -2.13. The first-order valence-corrected chi connectivity index (χ1v) is 7.68. The van der Waals surface area contributed by atoms with E-state index in [4.69, 9.17) is 27.9 Å². The largest absolute Gasteiger partial charge is 0.481 e. The number of aromatic nitrogens is 3. The first-order chi connectivity index (χ1) is 10.2. The highest BCUT2D eigenvalue weighted by molar-refractivity contribution is 6.34. The molecule has 6 heteroatoms. The molecule has 21 heavy (non-hydrogen) atoms. The van der Waals surface area contributed by atoms with Gasteiger partial charge in [0.05, 0.1) is 7.11 Å². The van der Waals surface area contributed by atoms with Gasteiger partial charge in [-0.05, 0) is 24.8 Å². The molecule has 1 aliphatic carbocycles. The summed E-state index contributed by atoms with van der Waals surface area (Å²) in [5, 5.41) is 0.903. The van der Waals surface area contributed by atoms with E-state index in [1.54, 1.807) is 19.4 Å². The summed E-state index contributed by atoms with van der Waals surface area (Å²) in [6, 6.07) is 3.59. The van der Waals surface area contributed by atoms with Crippen LogP contribution in [0.25, 0.3) is 11.4 Å². The maximum absolute atomic E-state index is 6.34. The van der Waals surface area contributed by atoms with Gasteiger partial charge in [0.2, 0.25) is 5.88 Å². The molecule has 0 atom stereocenters. The molecule has 3 rings (SSSR count). The summed E-state index contributed by atoms with van der Waals surface area (Å²) < 4.78 is 5.04. The fourth-order valence-electron chi connectivity index (χ4n) is 2.73. The molecule has 0 unspecified atom stereocenters. The van der Waals surface area contributed by atoms with Crippen LogP contribution in [0.4, 0.5) is 0 Å². The van der Waals surface area contributed by atoms with Gasteiger partial charge in [-0.3, -0.25) is 0 Å². The van der Waals surface area contributed by atoms with E-state index in [1.807, 2.05) is 6.07 Å². The van der Waals surface area contributed by atoms with Crippen LogP contribution in [-0.4, -0.2) is 22.1 Å². The van der Waals surface area contributed by atoms with Gasteiger partial charge in [0.15, 0.2) is 5.82 Å². The van der Waals surface area contributed by atoms with E-state index >= 15 is 0 Å². The van der Waals surface area contributed by atoms with Crippen molar-refractivity contribution in [3.63, 3.8) is 0 Å². The van der Waals surface area contributed by atoms with Gasteiger partial charge in [-0.1, -0.05) is 36.0 Å². The predicted molar refractivity (Wildman–Crippen MR) is 83.0 cm³/mol. The zero-order valence-electron chi connectivity index (χ0n) is 11.6. The van der Waals surface area contributed by atoms with Crippen molar-refractivity contribution >= 4 is 23.2 Å². The van der Waals surface area contributed by atoms with E-state index in [1.165, 1.54) is 12.8 Å². The number of methoxy groups -OCH3 is 1. The Kier molecular flexibility index (Phi) is 4.27. The SMILES string of the molecule is COc1ccc(-c2nc(Cl)c(C3CCCC3)c(Cl)n2)cn1. The molecule has 1 fully saturated rings. The topological polar surface area (TPSA) is 47.9 Å². The molecule has 2 aromatic heterocycles. The fourth-order valence-corrected chi connectivity index (χ4v) is 3.43. The smallest absolute Gasteiger partial charge is 0.212 e. The van der Waals surface area contributed by atoms with Gasteiger partial charge in [-0.25, -0.2) is 15.0 Å². The van der Waals surface area contributed by atoms with Crippen molar-refractivity contribution in [2.24, 2.45) is 0 Å². The molecule has 0 saturated heterocycles. The van der Waals surface area contributed by atoms with Crippen molar-refractivity contribution in [1.82, 2.24) is 15.0 Å². The molecule has 1 aliphatic rings. The van der Waals surface area contributed by atoms with Gasteiger partial charge in [-0.15, -0.1) is 0 Å². The normalized spacial score (nSPS) is 15.4. The van der Waals surface area contributed by atoms with Gasteiger partial charge >= 0.3 is 0 Å². The summed E-state index contributed by atoms with van der Waals surface area (Å²) >= 11 is 12.7. The lowest BCUT2D eigenvalue weighted by Crippen LogP contribution is -2.02. The highest BCUT2D eigenvalue weighted by atomic mass is 35.5. The Hall–Kier alpha value is -1.39. The number of nitrogens with zero attached hydrogens (tertiary/aromatic N) is 3. The summed E-state index contributed by atoms with van der Waals surface area (Å²) in [7, 11) is 1.57. The molecular formula is C15H15Cl2N3O. The first-order valence-electron chi connectivity index (χ1n) is 6.92. The maximum Gasteiger partial charge on any atom is 0.212 e. The number of rotatable bonds is 3. The van der Waals surface area contributed by atoms with E-state index in [9.17, 15) is 0 Å². The van der Waals surface area contributed by atoms with Crippen LogP contribution in [0.15, 0.2) is 18.3 Å². The third kappa shape index (κ3) is 2.97. The minimum atomic E-state index is 0.382. The highest BCUT2D eigenvalue weighted by Crippen LogP contribution is 2.40. The second-order valence-electron chi connectivity index (χ2n) is 5.11. The molecule has 0 aromatic carbocycles. The highest BCUT2D eigenvalue weighted by Gasteiger charge is 2.24. The third-order valence-electron chi connectivity index (χ3n) is 3.82. The fraction of sp³-hybridized carbons (Fsp3) is 0.400. The van der Waals surface area contributed by atoms with E-state index in [0.717, 1.165) is 24.0 Å². The van der Waals surface area contributed by atoms with E-state index in [0.29, 0.717) is 27.9 Å². The number of hydrogen-bond acceptors (Lipinski definition) is 4. The molecule has 2 aromatic rings. The zero-order chi connectivity index (χ0) is 14.8. The van der Waals surface area contributed by atoms with E-state index < -0.39 is 0 Å². The van der Waals surface area contributed by atoms with Crippen LogP contribution in [0.3, 0.4) is 0 Å². The Balaban J connectivity index is 1.96. The van der Waals surface area contributed by atoms with Crippen molar-refractivity contribution < 1.29 is 4.74 Å². The van der Waals surface area contributed by atoms with Crippen molar-refractivity contribution in [2.75, 3.05) is 7.11 Å². The molecule has 2 heterocycles. The van der Waals surface area contributed by atoms with Crippen molar-refractivity contribution in [2.45, 2.75) is 31.6 Å². The Bertz CT molecular complexity index is 617. The van der Waals surface area contributed by atoms with Gasteiger partial charge < -0.3 is 4.74 Å². The minimum Gasteiger partial charge on any atom is -0.481 e. The van der Waals surface area contributed by atoms with Crippen molar-refractivity contribution in [3.05, 3.63) is 34.2 Å². The molecule has 4 nitrogen and oxygen atoms in total. The summed E-state index contributed by atoms with van der Waals surface area (Å²) in [6.07, 6.45) is 6.28. The summed E-state index contributed by atoms with van der Waals surface area (Å²) in [6.45, 7) is 0. The third-order valence-corrected chi connectivity index (χ3v) is 4.40. The average molecular weight is 324 g/mol. The predicted octanol–water partition coefficient (Wildman–Crippen LogP) is 4.51. The average Bonchev–Trinajstić information content (AvgIpc) is 3.00. The van der Waals surface area contributed by atoms with Crippen LogP contribution >= 0.6 is 23.2 Å². The lowest BCUT2D eigenvalue weighted by atomic mass is 10.0. The molecule has 0 aliphatic heterocycles. The maximum atomic E-state index is 6.34. The second kappa shape index (κ2) is 6.16. The molecular weight excluding hydrogens is 309 g/mol. The molecule has 0 bridgehead atoms. The number of ether oxygens (including phenoxy) is 1. The van der Waals surface area contributed by atoms with Gasteiger partial charge in [-0.2, -0.15) is 0 Å². The van der Waals surface area contributed by atoms with Gasteiger partial charge in [0.1, 0.15) is 10.3 Å². The van der Waals surface area contributed by atoms with Crippen LogP contribution in [0.1, 0.15) is 37.2 Å². The van der Waals surface area contributed by atoms with Crippen LogP contribution in [0.5, 0.6) is 5.88 Å². The van der Waals surface area contributed by atoms with E-state index in [2.05, 4.69) is 15.0 Å². The van der Waals surface area contributed by atoms with Crippen LogP contribution in [0, 0.1) is 0 Å². The molecule has 110 valence electrons. The van der Waals surface area contributed by atoms with E-state index in [-0.39, 0.29) is 0 Å². The minimum absolute atomic E-state index is 0.382. The second-order valence-corrected chi connectivity index (χ2v) is 5.83. The Labute approximate surface area is 133 Å². The van der Waals surface area contributed by atoms with Crippen LogP contribution in [-0.2, 0) is 0 Å². The number of pyridine rings is 1. The molecule has 0 radical (unpaired) electrons. The van der Waals surface area contributed by atoms with Gasteiger partial charge in [0, 0.05) is 23.4 Å². The zero-order valence-corrected chi connectivity index (χ0v) is 13.2. The van der Waals surface area contributed by atoms with Crippen molar-refractivity contribution in [3.8, 4) is 17.3 Å². The Morgan fingerprint density at radius 1 is 1.10 bits per heavy atom. The molecule has 0 N–H and O–H groups in total. The Morgan fingerprint density at radius 2 is 1.76 bits per heavy atom.